The number of sulfone groups is 1. The summed E-state index contributed by atoms with van der Waals surface area (Å²) in [5, 5.41) is 3.24. The molecule has 1 N–H and O–H groups in total. The van der Waals surface area contributed by atoms with Gasteiger partial charge in [-0.1, -0.05) is 25.1 Å². The molecule has 0 unspecified atom stereocenters. The van der Waals surface area contributed by atoms with Gasteiger partial charge in [-0.3, -0.25) is 0 Å². The fourth-order valence-electron chi connectivity index (χ4n) is 1.55. The first-order valence-electron chi connectivity index (χ1n) is 6.12. The summed E-state index contributed by atoms with van der Waals surface area (Å²) >= 11 is 0. The van der Waals surface area contributed by atoms with Gasteiger partial charge in [-0.25, -0.2) is 8.42 Å². The Balaban J connectivity index is 2.46. The maximum absolute atomic E-state index is 11.0. The summed E-state index contributed by atoms with van der Waals surface area (Å²) in [5.74, 6) is 0.995. The van der Waals surface area contributed by atoms with E-state index in [1.807, 2.05) is 24.3 Å². The van der Waals surface area contributed by atoms with Crippen LogP contribution in [0.4, 0.5) is 0 Å². The van der Waals surface area contributed by atoms with Crippen LogP contribution in [0.5, 0.6) is 5.75 Å². The first-order chi connectivity index (χ1) is 8.53. The number of nitrogens with one attached hydrogen (secondary N) is 1. The highest BCUT2D eigenvalue weighted by molar-refractivity contribution is 7.90. The van der Waals surface area contributed by atoms with E-state index in [0.717, 1.165) is 24.4 Å². The molecule has 0 spiro atoms. The lowest BCUT2D eigenvalue weighted by atomic mass is 10.2. The van der Waals surface area contributed by atoms with Crippen LogP contribution in [-0.2, 0) is 16.4 Å². The maximum atomic E-state index is 11.0. The molecule has 0 amide bonds. The van der Waals surface area contributed by atoms with Crippen molar-refractivity contribution in [2.45, 2.75) is 19.9 Å². The van der Waals surface area contributed by atoms with Gasteiger partial charge < -0.3 is 10.1 Å². The molecule has 5 heteroatoms. The van der Waals surface area contributed by atoms with Crippen LogP contribution in [-0.4, -0.2) is 33.6 Å². The van der Waals surface area contributed by atoms with E-state index >= 15 is 0 Å². The number of ether oxygens (including phenoxy) is 1. The molecule has 0 saturated heterocycles. The molecule has 102 valence electrons. The van der Waals surface area contributed by atoms with Gasteiger partial charge in [-0.15, -0.1) is 0 Å². The molecular formula is C13H21NO3S. The highest BCUT2D eigenvalue weighted by Gasteiger charge is 2.04. The highest BCUT2D eigenvalue weighted by Crippen LogP contribution is 2.17. The molecule has 0 saturated carbocycles. The monoisotopic (exact) mass is 271 g/mol. The quantitative estimate of drug-likeness (QED) is 0.730. The van der Waals surface area contributed by atoms with Crippen molar-refractivity contribution in [3.63, 3.8) is 0 Å². The van der Waals surface area contributed by atoms with Crippen LogP contribution in [0.3, 0.4) is 0 Å². The van der Waals surface area contributed by atoms with Crippen LogP contribution in [0.25, 0.3) is 0 Å². The molecule has 1 aromatic rings. The molecule has 0 aliphatic carbocycles. The third kappa shape index (κ3) is 6.02. The van der Waals surface area contributed by atoms with Gasteiger partial charge in [-0.2, -0.15) is 0 Å². The van der Waals surface area contributed by atoms with Crippen LogP contribution in [0.1, 0.15) is 18.9 Å². The smallest absolute Gasteiger partial charge is 0.147 e. The lowest BCUT2D eigenvalue weighted by Crippen LogP contribution is -2.13. The number of hydrogen-bond acceptors (Lipinski definition) is 4. The Morgan fingerprint density at radius 1 is 1.28 bits per heavy atom. The van der Waals surface area contributed by atoms with E-state index in [0.29, 0.717) is 13.0 Å². The predicted octanol–water partition coefficient (Wildman–Crippen LogP) is 1.61. The maximum Gasteiger partial charge on any atom is 0.147 e. The zero-order valence-corrected chi connectivity index (χ0v) is 11.8. The van der Waals surface area contributed by atoms with Crippen molar-refractivity contribution in [2.75, 3.05) is 25.2 Å². The largest absolute Gasteiger partial charge is 0.493 e. The molecular weight excluding hydrogens is 250 g/mol. The Hall–Kier alpha value is -1.07. The molecule has 1 aromatic carbocycles. The third-order valence-corrected chi connectivity index (χ3v) is 3.49. The van der Waals surface area contributed by atoms with Crippen molar-refractivity contribution in [1.29, 1.82) is 0 Å². The van der Waals surface area contributed by atoms with Gasteiger partial charge in [0.05, 0.1) is 12.4 Å². The second-order valence-electron chi connectivity index (χ2n) is 4.22. The van der Waals surface area contributed by atoms with Gasteiger partial charge >= 0.3 is 0 Å². The zero-order chi connectivity index (χ0) is 13.4. The van der Waals surface area contributed by atoms with E-state index in [1.165, 1.54) is 6.26 Å². The molecule has 0 aromatic heterocycles. The van der Waals surface area contributed by atoms with Crippen molar-refractivity contribution >= 4 is 9.84 Å². The fraction of sp³-hybridized carbons (Fsp3) is 0.538. The number of hydrogen-bond donors (Lipinski definition) is 1. The summed E-state index contributed by atoms with van der Waals surface area (Å²) in [4.78, 5) is 0. The summed E-state index contributed by atoms with van der Waals surface area (Å²) in [6.45, 7) is 4.15. The van der Waals surface area contributed by atoms with Gasteiger partial charge in [0, 0.05) is 18.4 Å². The fourth-order valence-corrected chi connectivity index (χ4v) is 2.20. The minimum absolute atomic E-state index is 0.169. The predicted molar refractivity (Wildman–Crippen MR) is 73.6 cm³/mol. The van der Waals surface area contributed by atoms with Gasteiger partial charge in [0.1, 0.15) is 15.6 Å². The van der Waals surface area contributed by atoms with Crippen LogP contribution in [0.2, 0.25) is 0 Å². The molecule has 0 heterocycles. The average Bonchev–Trinajstić information content (AvgIpc) is 2.32. The van der Waals surface area contributed by atoms with Gasteiger partial charge in [0.15, 0.2) is 0 Å². The van der Waals surface area contributed by atoms with Gasteiger partial charge in [-0.05, 0) is 19.0 Å². The topological polar surface area (TPSA) is 55.4 Å². The number of benzene rings is 1. The Bertz CT molecular complexity index is 457. The third-order valence-electron chi connectivity index (χ3n) is 2.46. The summed E-state index contributed by atoms with van der Waals surface area (Å²) in [6, 6.07) is 7.80. The summed E-state index contributed by atoms with van der Waals surface area (Å²) < 4.78 is 27.6. The van der Waals surface area contributed by atoms with Crippen molar-refractivity contribution < 1.29 is 13.2 Å². The molecule has 0 aliphatic heterocycles. The SMILES string of the molecule is CCNCc1ccccc1OCCCS(C)(=O)=O. The van der Waals surface area contributed by atoms with Crippen molar-refractivity contribution in [2.24, 2.45) is 0 Å². The molecule has 0 atom stereocenters. The summed E-state index contributed by atoms with van der Waals surface area (Å²) in [5.41, 5.74) is 1.10. The van der Waals surface area contributed by atoms with E-state index in [4.69, 9.17) is 4.74 Å². The minimum atomic E-state index is -2.90. The lowest BCUT2D eigenvalue weighted by molar-refractivity contribution is 0.313. The Kier molecular flexibility index (Phi) is 6.15. The summed E-state index contributed by atoms with van der Waals surface area (Å²) in [6.07, 6.45) is 1.76. The first kappa shape index (κ1) is 15.0. The van der Waals surface area contributed by atoms with Crippen LogP contribution in [0, 0.1) is 0 Å². The zero-order valence-electron chi connectivity index (χ0n) is 11.0. The van der Waals surface area contributed by atoms with Gasteiger partial charge in [0.25, 0.3) is 0 Å². The van der Waals surface area contributed by atoms with E-state index in [2.05, 4.69) is 12.2 Å². The Morgan fingerprint density at radius 3 is 2.67 bits per heavy atom. The van der Waals surface area contributed by atoms with Crippen LogP contribution >= 0.6 is 0 Å². The summed E-state index contributed by atoms with van der Waals surface area (Å²) in [7, 11) is -2.90. The normalized spacial score (nSPS) is 11.4. The van der Waals surface area contributed by atoms with Crippen molar-refractivity contribution in [3.05, 3.63) is 29.8 Å². The van der Waals surface area contributed by atoms with E-state index in [-0.39, 0.29) is 5.75 Å². The van der Waals surface area contributed by atoms with Crippen molar-refractivity contribution in [3.8, 4) is 5.75 Å². The molecule has 0 aliphatic rings. The molecule has 0 fully saturated rings. The van der Waals surface area contributed by atoms with Crippen LogP contribution < -0.4 is 10.1 Å². The average molecular weight is 271 g/mol. The van der Waals surface area contributed by atoms with E-state index < -0.39 is 9.84 Å². The second-order valence-corrected chi connectivity index (χ2v) is 6.48. The van der Waals surface area contributed by atoms with Gasteiger partial charge in [0.2, 0.25) is 0 Å². The Labute approximate surface area is 109 Å². The van der Waals surface area contributed by atoms with Crippen LogP contribution in [0.15, 0.2) is 24.3 Å². The van der Waals surface area contributed by atoms with Crippen molar-refractivity contribution in [1.82, 2.24) is 5.32 Å². The standard InChI is InChI=1S/C13H21NO3S/c1-3-14-11-12-7-4-5-8-13(12)17-9-6-10-18(2,15)16/h4-5,7-8,14H,3,6,9-11H2,1-2H3. The molecule has 18 heavy (non-hydrogen) atoms. The van der Waals surface area contributed by atoms with E-state index in [1.54, 1.807) is 0 Å². The first-order valence-corrected chi connectivity index (χ1v) is 8.18. The molecule has 1 rings (SSSR count). The molecule has 0 bridgehead atoms. The minimum Gasteiger partial charge on any atom is -0.493 e. The van der Waals surface area contributed by atoms with E-state index in [9.17, 15) is 8.42 Å². The second kappa shape index (κ2) is 7.38. The number of rotatable bonds is 8. The molecule has 0 radical (unpaired) electrons. The molecule has 4 nitrogen and oxygen atoms in total. The lowest BCUT2D eigenvalue weighted by Gasteiger charge is -2.11. The Morgan fingerprint density at radius 2 is 2.00 bits per heavy atom. The highest BCUT2D eigenvalue weighted by atomic mass is 32.2. The number of para-hydroxylation sites is 1.